The Morgan fingerprint density at radius 3 is 1.43 bits per heavy atom. The van der Waals surface area contributed by atoms with Crippen LogP contribution in [0.4, 0.5) is 14.0 Å². The van der Waals surface area contributed by atoms with Crippen LogP contribution in [-0.4, -0.2) is 52.6 Å². The number of amides is 2. The zero-order valence-corrected chi connectivity index (χ0v) is 18.8. The van der Waals surface area contributed by atoms with Crippen molar-refractivity contribution in [3.8, 4) is 0 Å². The number of rotatable bonds is 5. The summed E-state index contributed by atoms with van der Waals surface area (Å²) < 4.78 is 29.1. The van der Waals surface area contributed by atoms with Crippen molar-refractivity contribution >= 4 is 18.2 Å². The average molecular weight is 406 g/mol. The van der Waals surface area contributed by atoms with Crippen molar-refractivity contribution in [3.63, 3.8) is 0 Å². The molecule has 2 atom stereocenters. The van der Waals surface area contributed by atoms with Crippen molar-refractivity contribution in [3.05, 3.63) is 0 Å². The molecule has 0 unspecified atom stereocenters. The highest BCUT2D eigenvalue weighted by Gasteiger charge is 2.42. The van der Waals surface area contributed by atoms with Crippen molar-refractivity contribution in [2.75, 3.05) is 6.67 Å². The van der Waals surface area contributed by atoms with Crippen molar-refractivity contribution < 1.29 is 33.0 Å². The van der Waals surface area contributed by atoms with Crippen LogP contribution in [0, 0.1) is 5.92 Å². The standard InChI is InChI=1S/C20H36FNO6/c1-13(12-21)11-14(15(23)26-18(2,3)4)22(16(24)27-19(5,6)7)17(25)28-20(8,9)10/h13-14H,11-12H2,1-10H3/t13-,14-/m0/s1. The molecule has 0 N–H and O–H groups in total. The van der Waals surface area contributed by atoms with Crippen LogP contribution in [0.3, 0.4) is 0 Å². The van der Waals surface area contributed by atoms with Gasteiger partial charge in [-0.05, 0) is 74.7 Å². The lowest BCUT2D eigenvalue weighted by Crippen LogP contribution is -2.53. The minimum absolute atomic E-state index is 0.121. The maximum absolute atomic E-state index is 13.2. The van der Waals surface area contributed by atoms with Gasteiger partial charge in [-0.3, -0.25) is 4.39 Å². The second-order valence-electron chi connectivity index (χ2n) is 9.88. The van der Waals surface area contributed by atoms with Gasteiger partial charge >= 0.3 is 18.2 Å². The third-order valence-electron chi connectivity index (χ3n) is 3.06. The van der Waals surface area contributed by atoms with Crippen molar-refractivity contribution in [1.82, 2.24) is 4.90 Å². The molecule has 7 nitrogen and oxygen atoms in total. The summed E-state index contributed by atoms with van der Waals surface area (Å²) in [6.45, 7) is 15.6. The van der Waals surface area contributed by atoms with Gasteiger partial charge in [-0.25, -0.2) is 14.4 Å². The summed E-state index contributed by atoms with van der Waals surface area (Å²) in [7, 11) is 0. The van der Waals surface area contributed by atoms with Crippen molar-refractivity contribution in [2.45, 2.75) is 98.5 Å². The highest BCUT2D eigenvalue weighted by atomic mass is 19.1. The Morgan fingerprint density at radius 1 is 0.786 bits per heavy atom. The van der Waals surface area contributed by atoms with E-state index in [2.05, 4.69) is 0 Å². The molecule has 0 radical (unpaired) electrons. The molecule has 0 fully saturated rings. The lowest BCUT2D eigenvalue weighted by atomic mass is 10.0. The number of hydrogen-bond donors (Lipinski definition) is 0. The lowest BCUT2D eigenvalue weighted by Gasteiger charge is -2.34. The molecule has 0 aromatic carbocycles. The highest BCUT2D eigenvalue weighted by Crippen LogP contribution is 2.23. The quantitative estimate of drug-likeness (QED) is 0.480. The highest BCUT2D eigenvalue weighted by molar-refractivity contribution is 5.94. The largest absolute Gasteiger partial charge is 0.458 e. The van der Waals surface area contributed by atoms with Crippen LogP contribution in [0.1, 0.15) is 75.7 Å². The first kappa shape index (κ1) is 26.1. The van der Waals surface area contributed by atoms with Crippen LogP contribution in [-0.2, 0) is 19.0 Å². The van der Waals surface area contributed by atoms with E-state index in [1.54, 1.807) is 69.2 Å². The van der Waals surface area contributed by atoms with E-state index in [9.17, 15) is 18.8 Å². The molecular weight excluding hydrogens is 369 g/mol. The van der Waals surface area contributed by atoms with Gasteiger partial charge in [0.15, 0.2) is 0 Å². The molecule has 8 heteroatoms. The normalized spacial score (nSPS) is 14.7. The molecule has 164 valence electrons. The van der Waals surface area contributed by atoms with Crippen LogP contribution in [0.2, 0.25) is 0 Å². The zero-order chi connectivity index (χ0) is 22.5. The Hall–Kier alpha value is -1.86. The Bertz CT molecular complexity index is 529. The minimum Gasteiger partial charge on any atom is -0.458 e. The van der Waals surface area contributed by atoms with Gasteiger partial charge in [0.05, 0.1) is 6.67 Å². The topological polar surface area (TPSA) is 82.1 Å². The molecule has 0 rings (SSSR count). The maximum Gasteiger partial charge on any atom is 0.420 e. The van der Waals surface area contributed by atoms with Gasteiger partial charge < -0.3 is 14.2 Å². The fourth-order valence-corrected chi connectivity index (χ4v) is 2.07. The van der Waals surface area contributed by atoms with E-state index in [1.165, 1.54) is 0 Å². The summed E-state index contributed by atoms with van der Waals surface area (Å²) in [6.07, 6.45) is -2.23. The summed E-state index contributed by atoms with van der Waals surface area (Å²) in [5, 5.41) is 0. The second kappa shape index (κ2) is 9.56. The Kier molecular flexibility index (Phi) is 8.93. The molecule has 0 aliphatic rings. The van der Waals surface area contributed by atoms with E-state index in [0.29, 0.717) is 4.90 Å². The van der Waals surface area contributed by atoms with Gasteiger partial charge in [0.2, 0.25) is 0 Å². The van der Waals surface area contributed by atoms with Gasteiger partial charge in [-0.15, -0.1) is 0 Å². The monoisotopic (exact) mass is 405 g/mol. The molecule has 2 amide bonds. The second-order valence-corrected chi connectivity index (χ2v) is 9.88. The van der Waals surface area contributed by atoms with Crippen LogP contribution in [0.15, 0.2) is 0 Å². The molecular formula is C20H36FNO6. The first-order chi connectivity index (χ1) is 12.4. The van der Waals surface area contributed by atoms with Gasteiger partial charge in [0.1, 0.15) is 22.8 Å². The van der Waals surface area contributed by atoms with Crippen LogP contribution < -0.4 is 0 Å². The molecule has 0 saturated heterocycles. The zero-order valence-electron chi connectivity index (χ0n) is 18.8. The summed E-state index contributed by atoms with van der Waals surface area (Å²) in [6, 6.07) is -1.38. The number of carbonyl (C=O) groups is 3. The molecule has 0 aromatic rings. The summed E-state index contributed by atoms with van der Waals surface area (Å²) >= 11 is 0. The van der Waals surface area contributed by atoms with Crippen LogP contribution in [0.25, 0.3) is 0 Å². The minimum atomic E-state index is -1.38. The fraction of sp³-hybridized carbons (Fsp3) is 0.850. The van der Waals surface area contributed by atoms with E-state index in [0.717, 1.165) is 0 Å². The molecule has 0 saturated carbocycles. The van der Waals surface area contributed by atoms with E-state index < -0.39 is 53.6 Å². The van der Waals surface area contributed by atoms with Crippen molar-refractivity contribution in [2.24, 2.45) is 5.92 Å². The molecule has 0 bridgehead atoms. The Balaban J connectivity index is 6.06. The fourth-order valence-electron chi connectivity index (χ4n) is 2.07. The smallest absolute Gasteiger partial charge is 0.420 e. The number of ether oxygens (including phenoxy) is 3. The number of imide groups is 1. The Labute approximate surface area is 167 Å². The SMILES string of the molecule is C[C@H](CF)C[C@@H](C(=O)OC(C)(C)C)N(C(=O)OC(C)(C)C)C(=O)OC(C)(C)C. The molecule has 0 aliphatic carbocycles. The van der Waals surface area contributed by atoms with Gasteiger partial charge in [-0.1, -0.05) is 6.92 Å². The molecule has 0 aromatic heterocycles. The number of carbonyl (C=O) groups excluding carboxylic acids is 3. The summed E-state index contributed by atoms with van der Waals surface area (Å²) in [5.74, 6) is -1.42. The average Bonchev–Trinajstić information content (AvgIpc) is 2.40. The van der Waals surface area contributed by atoms with E-state index in [4.69, 9.17) is 14.2 Å². The van der Waals surface area contributed by atoms with E-state index in [1.807, 2.05) is 0 Å². The molecule has 28 heavy (non-hydrogen) atoms. The number of nitrogens with zero attached hydrogens (tertiary/aromatic N) is 1. The van der Waals surface area contributed by atoms with Crippen LogP contribution >= 0.6 is 0 Å². The molecule has 0 spiro atoms. The summed E-state index contributed by atoms with van der Waals surface area (Å²) in [4.78, 5) is 38.9. The first-order valence-electron chi connectivity index (χ1n) is 9.40. The molecule has 0 heterocycles. The van der Waals surface area contributed by atoms with Crippen LogP contribution in [0.5, 0.6) is 0 Å². The lowest BCUT2D eigenvalue weighted by molar-refractivity contribution is -0.161. The van der Waals surface area contributed by atoms with Gasteiger partial charge in [-0.2, -0.15) is 4.90 Å². The predicted octanol–water partition coefficient (Wildman–Crippen LogP) is 4.86. The molecule has 0 aliphatic heterocycles. The number of hydrogen-bond acceptors (Lipinski definition) is 6. The van der Waals surface area contributed by atoms with Gasteiger partial charge in [0, 0.05) is 0 Å². The van der Waals surface area contributed by atoms with E-state index in [-0.39, 0.29) is 6.42 Å². The third-order valence-corrected chi connectivity index (χ3v) is 3.06. The maximum atomic E-state index is 13.2. The predicted molar refractivity (Wildman–Crippen MR) is 104 cm³/mol. The van der Waals surface area contributed by atoms with Crippen molar-refractivity contribution in [1.29, 1.82) is 0 Å². The summed E-state index contributed by atoms with van der Waals surface area (Å²) in [5.41, 5.74) is -2.69. The Morgan fingerprint density at radius 2 is 1.14 bits per heavy atom. The van der Waals surface area contributed by atoms with E-state index >= 15 is 0 Å². The van der Waals surface area contributed by atoms with Gasteiger partial charge in [0.25, 0.3) is 0 Å². The third kappa shape index (κ3) is 10.5. The first-order valence-corrected chi connectivity index (χ1v) is 9.40. The number of alkyl halides is 1. The number of halogens is 1. The number of esters is 1.